The monoisotopic (exact) mass is 942 g/mol. The zero-order chi connectivity index (χ0) is 48.5. The average molecular weight is 943 g/mol. The van der Waals surface area contributed by atoms with Gasteiger partial charge < -0.3 is 15.5 Å². The van der Waals surface area contributed by atoms with Crippen molar-refractivity contribution in [1.82, 2.24) is 5.32 Å². The van der Waals surface area contributed by atoms with Gasteiger partial charge in [-0.1, -0.05) is 340 Å². The first kappa shape index (κ1) is 65.9. The summed E-state index contributed by atoms with van der Waals surface area (Å²) in [7, 11) is 0. The van der Waals surface area contributed by atoms with E-state index in [1.807, 2.05) is 6.08 Å². The van der Waals surface area contributed by atoms with Gasteiger partial charge in [-0.05, 0) is 32.1 Å². The summed E-state index contributed by atoms with van der Waals surface area (Å²) in [6.07, 6.45) is 79.6. The molecule has 0 aromatic heterocycles. The van der Waals surface area contributed by atoms with Crippen molar-refractivity contribution in [1.29, 1.82) is 0 Å². The highest BCUT2D eigenvalue weighted by molar-refractivity contribution is 5.76. The molecule has 0 rings (SSSR count). The fourth-order valence-electron chi connectivity index (χ4n) is 9.97. The number of unbranched alkanes of at least 4 members (excludes halogenated alkanes) is 49. The van der Waals surface area contributed by atoms with Gasteiger partial charge in [0.1, 0.15) is 0 Å². The van der Waals surface area contributed by atoms with Crippen LogP contribution in [0.3, 0.4) is 0 Å². The van der Waals surface area contributed by atoms with Crippen LogP contribution in [0.1, 0.15) is 354 Å². The molecular formula is C63H123NO3. The standard InChI is InChI=1S/C63H123NO3/c1-3-5-7-9-11-13-15-17-19-21-22-23-24-25-26-27-28-29-30-31-32-33-34-35-36-37-38-39-40-41-43-45-47-49-51-53-55-57-59-63(67)64-61(60-65)62(66)58-56-54-52-50-48-46-44-42-20-18-16-14-12-10-8-6-4-2/h48,50,56,58,61-62,65-66H,3-47,49,51-55,57,59-60H2,1-2H3,(H,64,67)/b50-48+,58-56+. The van der Waals surface area contributed by atoms with Gasteiger partial charge in [0.15, 0.2) is 0 Å². The topological polar surface area (TPSA) is 69.6 Å². The van der Waals surface area contributed by atoms with Gasteiger partial charge in [0.2, 0.25) is 5.91 Å². The summed E-state index contributed by atoms with van der Waals surface area (Å²) in [5.41, 5.74) is 0. The number of amides is 1. The molecule has 0 saturated carbocycles. The van der Waals surface area contributed by atoms with E-state index in [2.05, 4.69) is 31.3 Å². The lowest BCUT2D eigenvalue weighted by Gasteiger charge is -2.19. The summed E-state index contributed by atoms with van der Waals surface area (Å²) >= 11 is 0. The number of hydrogen-bond acceptors (Lipinski definition) is 3. The maximum absolute atomic E-state index is 12.5. The molecule has 0 aliphatic carbocycles. The summed E-state index contributed by atoms with van der Waals surface area (Å²) < 4.78 is 0. The SMILES string of the molecule is CCCCCCCCCCCCC/C=C/CC/C=C/C(O)C(CO)NC(=O)CCCCCCCCCCCCCCCCCCCCCCCCCCCCCCCCCCCCCCCC. The zero-order valence-electron chi connectivity index (χ0n) is 46.0. The summed E-state index contributed by atoms with van der Waals surface area (Å²) in [6, 6.07) is -0.636. The van der Waals surface area contributed by atoms with Crippen molar-refractivity contribution in [2.24, 2.45) is 0 Å². The Hall–Kier alpha value is -1.13. The quantitative estimate of drug-likeness (QED) is 0.0420. The molecule has 0 aromatic carbocycles. The lowest BCUT2D eigenvalue weighted by Crippen LogP contribution is -2.45. The maximum atomic E-state index is 12.5. The second-order valence-electron chi connectivity index (χ2n) is 21.5. The maximum Gasteiger partial charge on any atom is 0.220 e. The van der Waals surface area contributed by atoms with Crippen LogP contribution in [0.5, 0.6) is 0 Å². The minimum atomic E-state index is -0.859. The van der Waals surface area contributed by atoms with Crippen LogP contribution in [0.4, 0.5) is 0 Å². The van der Waals surface area contributed by atoms with Crippen LogP contribution in [0.25, 0.3) is 0 Å². The molecule has 4 heteroatoms. The number of allylic oxidation sites excluding steroid dienone is 3. The minimum absolute atomic E-state index is 0.0664. The third-order valence-electron chi connectivity index (χ3n) is 14.7. The predicted octanol–water partition coefficient (Wildman–Crippen LogP) is 20.7. The van der Waals surface area contributed by atoms with E-state index in [4.69, 9.17) is 0 Å². The van der Waals surface area contributed by atoms with Crippen LogP contribution in [-0.2, 0) is 4.79 Å². The Labute approximate surface area is 421 Å². The first-order valence-corrected chi connectivity index (χ1v) is 31.1. The van der Waals surface area contributed by atoms with Crippen LogP contribution in [0.15, 0.2) is 24.3 Å². The van der Waals surface area contributed by atoms with Crippen molar-refractivity contribution in [3.05, 3.63) is 24.3 Å². The Morgan fingerprint density at radius 2 is 0.582 bits per heavy atom. The van der Waals surface area contributed by atoms with Gasteiger partial charge in [-0.25, -0.2) is 0 Å². The van der Waals surface area contributed by atoms with Crippen LogP contribution in [-0.4, -0.2) is 34.9 Å². The van der Waals surface area contributed by atoms with E-state index in [9.17, 15) is 15.0 Å². The molecule has 0 aromatic rings. The molecule has 0 radical (unpaired) electrons. The number of hydrogen-bond donors (Lipinski definition) is 3. The molecule has 2 unspecified atom stereocenters. The van der Waals surface area contributed by atoms with E-state index in [0.29, 0.717) is 6.42 Å². The second-order valence-corrected chi connectivity index (χ2v) is 21.5. The van der Waals surface area contributed by atoms with Crippen LogP contribution in [0.2, 0.25) is 0 Å². The van der Waals surface area contributed by atoms with Gasteiger partial charge in [-0.15, -0.1) is 0 Å². The summed E-state index contributed by atoms with van der Waals surface area (Å²) in [6.45, 7) is 4.33. The molecular weight excluding hydrogens is 819 g/mol. The summed E-state index contributed by atoms with van der Waals surface area (Å²) in [5, 5.41) is 23.1. The molecule has 398 valence electrons. The number of carbonyl (C=O) groups is 1. The highest BCUT2D eigenvalue weighted by Crippen LogP contribution is 2.18. The molecule has 0 fully saturated rings. The van der Waals surface area contributed by atoms with E-state index in [1.54, 1.807) is 6.08 Å². The van der Waals surface area contributed by atoms with Crippen molar-refractivity contribution in [3.8, 4) is 0 Å². The first-order chi connectivity index (χ1) is 33.2. The van der Waals surface area contributed by atoms with E-state index >= 15 is 0 Å². The van der Waals surface area contributed by atoms with Crippen molar-refractivity contribution < 1.29 is 15.0 Å². The second kappa shape index (κ2) is 59.2. The average Bonchev–Trinajstić information content (AvgIpc) is 3.33. The molecule has 3 N–H and O–H groups in total. The van der Waals surface area contributed by atoms with Gasteiger partial charge in [0.05, 0.1) is 18.8 Å². The Morgan fingerprint density at radius 1 is 0.343 bits per heavy atom. The highest BCUT2D eigenvalue weighted by Gasteiger charge is 2.18. The Balaban J connectivity index is 3.38. The normalized spacial score (nSPS) is 12.8. The van der Waals surface area contributed by atoms with Gasteiger partial charge in [0, 0.05) is 6.42 Å². The van der Waals surface area contributed by atoms with Crippen LogP contribution in [0, 0.1) is 0 Å². The molecule has 0 aliphatic rings. The fourth-order valence-corrected chi connectivity index (χ4v) is 9.97. The Kier molecular flexibility index (Phi) is 58.2. The molecule has 0 bridgehead atoms. The van der Waals surface area contributed by atoms with Crippen molar-refractivity contribution in [2.45, 2.75) is 366 Å². The lowest BCUT2D eigenvalue weighted by molar-refractivity contribution is -0.123. The van der Waals surface area contributed by atoms with Gasteiger partial charge in [-0.3, -0.25) is 4.79 Å². The van der Waals surface area contributed by atoms with Gasteiger partial charge in [-0.2, -0.15) is 0 Å². The molecule has 2 atom stereocenters. The molecule has 4 nitrogen and oxygen atoms in total. The summed E-state index contributed by atoms with van der Waals surface area (Å²) in [4.78, 5) is 12.5. The van der Waals surface area contributed by atoms with Crippen molar-refractivity contribution >= 4 is 5.91 Å². The minimum Gasteiger partial charge on any atom is -0.394 e. The van der Waals surface area contributed by atoms with Gasteiger partial charge >= 0.3 is 0 Å². The largest absolute Gasteiger partial charge is 0.394 e. The number of nitrogens with one attached hydrogen (secondary N) is 1. The van der Waals surface area contributed by atoms with Crippen LogP contribution >= 0.6 is 0 Å². The molecule has 0 aliphatic heterocycles. The lowest BCUT2D eigenvalue weighted by atomic mass is 10.0. The van der Waals surface area contributed by atoms with E-state index in [-0.39, 0.29) is 12.5 Å². The molecule has 0 spiro atoms. The number of aliphatic hydroxyl groups is 2. The highest BCUT2D eigenvalue weighted by atomic mass is 16.3. The Morgan fingerprint density at radius 3 is 0.866 bits per heavy atom. The van der Waals surface area contributed by atoms with Crippen molar-refractivity contribution in [2.75, 3.05) is 6.61 Å². The molecule has 67 heavy (non-hydrogen) atoms. The number of carbonyl (C=O) groups excluding carboxylic acids is 1. The Bertz CT molecular complexity index is 978. The fraction of sp³-hybridized carbons (Fsp3) is 0.921. The zero-order valence-corrected chi connectivity index (χ0v) is 46.0. The third kappa shape index (κ3) is 55.7. The van der Waals surface area contributed by atoms with Crippen molar-refractivity contribution in [3.63, 3.8) is 0 Å². The summed E-state index contributed by atoms with van der Waals surface area (Å²) in [5.74, 6) is -0.0664. The molecule has 1 amide bonds. The number of aliphatic hydroxyl groups excluding tert-OH is 2. The van der Waals surface area contributed by atoms with E-state index in [0.717, 1.165) is 32.1 Å². The smallest absolute Gasteiger partial charge is 0.220 e. The first-order valence-electron chi connectivity index (χ1n) is 31.1. The third-order valence-corrected chi connectivity index (χ3v) is 14.7. The van der Waals surface area contributed by atoms with E-state index in [1.165, 1.54) is 302 Å². The number of rotatable bonds is 58. The molecule has 0 heterocycles. The van der Waals surface area contributed by atoms with E-state index < -0.39 is 12.1 Å². The predicted molar refractivity (Wildman–Crippen MR) is 299 cm³/mol. The molecule has 0 saturated heterocycles. The van der Waals surface area contributed by atoms with Crippen LogP contribution < -0.4 is 5.32 Å². The van der Waals surface area contributed by atoms with Gasteiger partial charge in [0.25, 0.3) is 0 Å².